The van der Waals surface area contributed by atoms with E-state index in [1.54, 1.807) is 12.1 Å². The first kappa shape index (κ1) is 16.9. The molecule has 3 rings (SSSR count). The monoisotopic (exact) mass is 344 g/mol. The molecule has 0 radical (unpaired) electrons. The number of hydrogen-bond acceptors (Lipinski definition) is 8. The van der Waals surface area contributed by atoms with Crippen LogP contribution in [0, 0.1) is 10.1 Å². The number of aromatic nitrogens is 2. The number of nitro groups is 1. The van der Waals surface area contributed by atoms with Crippen molar-refractivity contribution in [3.63, 3.8) is 0 Å². The second-order valence-electron chi connectivity index (χ2n) is 6.02. The lowest BCUT2D eigenvalue weighted by Crippen LogP contribution is -2.46. The maximum absolute atomic E-state index is 11.4. The van der Waals surface area contributed by atoms with Crippen LogP contribution in [-0.4, -0.2) is 40.2 Å². The van der Waals surface area contributed by atoms with Crippen molar-refractivity contribution in [2.45, 2.75) is 26.1 Å². The van der Waals surface area contributed by atoms with Crippen LogP contribution in [0.1, 0.15) is 13.8 Å². The van der Waals surface area contributed by atoms with Crippen molar-refractivity contribution in [3.05, 3.63) is 40.4 Å². The van der Waals surface area contributed by atoms with Gasteiger partial charge in [-0.1, -0.05) is 18.2 Å². The fourth-order valence-corrected chi connectivity index (χ4v) is 2.87. The molecule has 0 saturated carbocycles. The van der Waals surface area contributed by atoms with Crippen molar-refractivity contribution in [2.75, 3.05) is 29.0 Å². The topological polar surface area (TPSA) is 119 Å². The molecule has 0 unspecified atom stereocenters. The molecular weight excluding hydrogens is 324 g/mol. The quantitative estimate of drug-likeness (QED) is 0.640. The van der Waals surface area contributed by atoms with E-state index in [-0.39, 0.29) is 29.5 Å². The number of para-hydroxylation sites is 1. The van der Waals surface area contributed by atoms with Gasteiger partial charge in [-0.05, 0) is 26.0 Å². The average molecular weight is 344 g/mol. The van der Waals surface area contributed by atoms with Gasteiger partial charge in [-0.25, -0.2) is 0 Å². The third kappa shape index (κ3) is 3.77. The first-order valence-corrected chi connectivity index (χ1v) is 7.98. The van der Waals surface area contributed by atoms with Gasteiger partial charge in [-0.15, -0.1) is 0 Å². The first-order chi connectivity index (χ1) is 11.9. The number of ether oxygens (including phenoxy) is 1. The summed E-state index contributed by atoms with van der Waals surface area (Å²) in [6.45, 7) is 5.10. The minimum absolute atomic E-state index is 0.00861. The summed E-state index contributed by atoms with van der Waals surface area (Å²) in [5, 5.41) is 14.4. The molecule has 1 aromatic carbocycles. The van der Waals surface area contributed by atoms with Gasteiger partial charge in [0, 0.05) is 18.8 Å². The Hall–Kier alpha value is -2.94. The van der Waals surface area contributed by atoms with Crippen LogP contribution in [0.3, 0.4) is 0 Å². The second kappa shape index (κ2) is 6.89. The van der Waals surface area contributed by atoms with Crippen LogP contribution in [-0.2, 0) is 4.74 Å². The van der Waals surface area contributed by atoms with Crippen LogP contribution in [0.25, 0.3) is 0 Å². The lowest BCUT2D eigenvalue weighted by atomic mass is 10.2. The number of nitrogens with zero attached hydrogens (tertiary/aromatic N) is 4. The molecule has 9 heteroatoms. The van der Waals surface area contributed by atoms with Gasteiger partial charge >= 0.3 is 5.69 Å². The third-order valence-corrected chi connectivity index (χ3v) is 3.82. The zero-order valence-electron chi connectivity index (χ0n) is 14.0. The summed E-state index contributed by atoms with van der Waals surface area (Å²) in [6, 6.07) is 9.09. The molecule has 0 spiro atoms. The molecule has 2 heterocycles. The van der Waals surface area contributed by atoms with E-state index in [1.807, 2.05) is 36.9 Å². The Labute approximate surface area is 145 Å². The number of hydrogen-bond donors (Lipinski definition) is 2. The Morgan fingerprint density at radius 2 is 1.88 bits per heavy atom. The molecule has 1 fully saturated rings. The largest absolute Gasteiger partial charge is 0.378 e. The maximum atomic E-state index is 11.4. The Morgan fingerprint density at radius 3 is 2.48 bits per heavy atom. The standard InChI is InChI=1S/C16H20N6O3/c1-10-8-21(9-11(2)25-10)16-19-14(17)13(22(23)24)15(20-16)18-12-6-4-3-5-7-12/h3-7,10-11H,8-9H2,1-2H3,(H3,17,18,19,20)/t10-,11+. The zero-order valence-corrected chi connectivity index (χ0v) is 14.0. The van der Waals surface area contributed by atoms with Gasteiger partial charge in [0.25, 0.3) is 0 Å². The highest BCUT2D eigenvalue weighted by Gasteiger charge is 2.29. The lowest BCUT2D eigenvalue weighted by Gasteiger charge is -2.35. The van der Waals surface area contributed by atoms with Crippen molar-refractivity contribution in [1.82, 2.24) is 9.97 Å². The maximum Gasteiger partial charge on any atom is 0.353 e. The molecule has 0 amide bonds. The number of anilines is 4. The van der Waals surface area contributed by atoms with Gasteiger partial charge in [-0.3, -0.25) is 10.1 Å². The SMILES string of the molecule is C[C@@H]1CN(c2nc(N)c([N+](=O)[O-])c(Nc3ccccc3)n2)C[C@H](C)O1. The molecule has 25 heavy (non-hydrogen) atoms. The van der Waals surface area contributed by atoms with E-state index < -0.39 is 4.92 Å². The molecule has 132 valence electrons. The van der Waals surface area contributed by atoms with Crippen molar-refractivity contribution in [3.8, 4) is 0 Å². The van der Waals surface area contributed by atoms with Crippen molar-refractivity contribution in [1.29, 1.82) is 0 Å². The fourth-order valence-electron chi connectivity index (χ4n) is 2.87. The van der Waals surface area contributed by atoms with Crippen molar-refractivity contribution in [2.24, 2.45) is 0 Å². The minimum Gasteiger partial charge on any atom is -0.378 e. The number of morpholine rings is 1. The van der Waals surface area contributed by atoms with E-state index in [0.717, 1.165) is 0 Å². The molecule has 2 aromatic rings. The van der Waals surface area contributed by atoms with E-state index in [2.05, 4.69) is 15.3 Å². The summed E-state index contributed by atoms with van der Waals surface area (Å²) >= 11 is 0. The van der Waals surface area contributed by atoms with Gasteiger partial charge < -0.3 is 20.7 Å². The highest BCUT2D eigenvalue weighted by molar-refractivity contribution is 5.74. The molecule has 1 aromatic heterocycles. The highest BCUT2D eigenvalue weighted by Crippen LogP contribution is 2.32. The van der Waals surface area contributed by atoms with Crippen LogP contribution < -0.4 is 16.0 Å². The smallest absolute Gasteiger partial charge is 0.353 e. The van der Waals surface area contributed by atoms with Gasteiger partial charge in [0.15, 0.2) is 0 Å². The molecule has 3 N–H and O–H groups in total. The molecule has 9 nitrogen and oxygen atoms in total. The van der Waals surface area contributed by atoms with E-state index in [4.69, 9.17) is 10.5 Å². The second-order valence-corrected chi connectivity index (χ2v) is 6.02. The number of benzene rings is 1. The molecule has 1 aliphatic heterocycles. The number of nitrogen functional groups attached to an aromatic ring is 1. The minimum atomic E-state index is -0.574. The first-order valence-electron chi connectivity index (χ1n) is 7.98. The highest BCUT2D eigenvalue weighted by atomic mass is 16.6. The normalized spacial score (nSPS) is 20.3. The van der Waals surface area contributed by atoms with Gasteiger partial charge in [0.2, 0.25) is 17.6 Å². The van der Waals surface area contributed by atoms with Crippen LogP contribution in [0.2, 0.25) is 0 Å². The zero-order chi connectivity index (χ0) is 18.0. The predicted molar refractivity (Wildman–Crippen MR) is 95.0 cm³/mol. The van der Waals surface area contributed by atoms with Crippen LogP contribution >= 0.6 is 0 Å². The number of nitrogens with two attached hydrogens (primary N) is 1. The summed E-state index contributed by atoms with van der Waals surface area (Å²) in [7, 11) is 0. The van der Waals surface area contributed by atoms with Crippen molar-refractivity contribution < 1.29 is 9.66 Å². The van der Waals surface area contributed by atoms with E-state index in [1.165, 1.54) is 0 Å². The summed E-state index contributed by atoms with van der Waals surface area (Å²) in [4.78, 5) is 21.3. The van der Waals surface area contributed by atoms with Crippen LogP contribution in [0.4, 0.5) is 29.0 Å². The lowest BCUT2D eigenvalue weighted by molar-refractivity contribution is -0.383. The van der Waals surface area contributed by atoms with E-state index in [9.17, 15) is 10.1 Å². The van der Waals surface area contributed by atoms with Crippen molar-refractivity contribution >= 4 is 29.0 Å². The Morgan fingerprint density at radius 1 is 1.24 bits per heavy atom. The summed E-state index contributed by atoms with van der Waals surface area (Å²) < 4.78 is 5.70. The summed E-state index contributed by atoms with van der Waals surface area (Å²) in [5.41, 5.74) is 6.21. The molecule has 0 aliphatic carbocycles. The number of rotatable bonds is 4. The Bertz CT molecular complexity index is 760. The number of nitrogens with one attached hydrogen (secondary N) is 1. The Kier molecular flexibility index (Phi) is 4.66. The molecule has 0 bridgehead atoms. The molecular formula is C16H20N6O3. The summed E-state index contributed by atoms with van der Waals surface area (Å²) in [6.07, 6.45) is 0.0172. The molecule has 1 saturated heterocycles. The van der Waals surface area contributed by atoms with E-state index >= 15 is 0 Å². The summed E-state index contributed by atoms with van der Waals surface area (Å²) in [5.74, 6) is 0.259. The van der Waals surface area contributed by atoms with Gasteiger partial charge in [0.05, 0.1) is 17.1 Å². The van der Waals surface area contributed by atoms with Gasteiger partial charge in [0.1, 0.15) is 0 Å². The van der Waals surface area contributed by atoms with Crippen LogP contribution in [0.5, 0.6) is 0 Å². The molecule has 2 atom stereocenters. The average Bonchev–Trinajstić information content (AvgIpc) is 2.54. The molecule has 1 aliphatic rings. The Balaban J connectivity index is 1.99. The van der Waals surface area contributed by atoms with Gasteiger partial charge in [-0.2, -0.15) is 9.97 Å². The van der Waals surface area contributed by atoms with Crippen LogP contribution in [0.15, 0.2) is 30.3 Å². The fraction of sp³-hybridized carbons (Fsp3) is 0.375. The third-order valence-electron chi connectivity index (χ3n) is 3.82. The van der Waals surface area contributed by atoms with E-state index in [0.29, 0.717) is 24.7 Å². The predicted octanol–water partition coefficient (Wildman–Crippen LogP) is 2.32.